The first kappa shape index (κ1) is 29.6. The van der Waals surface area contributed by atoms with Crippen LogP contribution >= 0.6 is 0 Å². The zero-order valence-electron chi connectivity index (χ0n) is 25.3. The minimum Gasteiger partial charge on any atom is -0.481 e. The number of alkyl halides is 2. The first-order valence-corrected chi connectivity index (χ1v) is 15.3. The van der Waals surface area contributed by atoms with Crippen molar-refractivity contribution < 1.29 is 42.1 Å². The lowest BCUT2D eigenvalue weighted by atomic mass is 9.43. The van der Waals surface area contributed by atoms with E-state index in [2.05, 4.69) is 45.3 Å². The predicted molar refractivity (Wildman–Crippen MR) is 160 cm³/mol. The fourth-order valence-electron chi connectivity index (χ4n) is 6.84. The molecule has 14 nitrogen and oxygen atoms in total. The molecule has 16 heteroatoms. The summed E-state index contributed by atoms with van der Waals surface area (Å²) in [7, 11) is 1.38. The maximum absolute atomic E-state index is 14.0. The van der Waals surface area contributed by atoms with Crippen LogP contribution in [0.3, 0.4) is 0 Å². The van der Waals surface area contributed by atoms with Crippen LogP contribution in [0.4, 0.5) is 26.0 Å². The number of amides is 2. The summed E-state index contributed by atoms with van der Waals surface area (Å²) in [5.74, 6) is -1.09. The van der Waals surface area contributed by atoms with Gasteiger partial charge in [-0.25, -0.2) is 15.0 Å². The first-order valence-electron chi connectivity index (χ1n) is 15.3. The molecule has 2 aromatic heterocycles. The van der Waals surface area contributed by atoms with Crippen LogP contribution in [0.25, 0.3) is 0 Å². The Hall–Kier alpha value is -4.83. The summed E-state index contributed by atoms with van der Waals surface area (Å²) in [6, 6.07) is 5.19. The number of morpholine rings is 1. The average molecular weight is 652 g/mol. The van der Waals surface area contributed by atoms with Crippen LogP contribution in [0.1, 0.15) is 52.8 Å². The lowest BCUT2D eigenvalue weighted by Gasteiger charge is -2.74. The number of nitrogens with one attached hydrogen (secondary N) is 3. The first-order chi connectivity index (χ1) is 22.6. The van der Waals surface area contributed by atoms with Gasteiger partial charge in [-0.15, -0.1) is 8.78 Å². The van der Waals surface area contributed by atoms with Crippen LogP contribution in [-0.4, -0.2) is 88.6 Å². The van der Waals surface area contributed by atoms with Gasteiger partial charge in [0.05, 0.1) is 37.8 Å². The number of anilines is 3. The lowest BCUT2D eigenvalue weighted by Crippen LogP contribution is -2.82. The van der Waals surface area contributed by atoms with E-state index in [1.807, 2.05) is 0 Å². The number of methoxy groups -OCH3 is 1. The fourth-order valence-corrected chi connectivity index (χ4v) is 6.84. The van der Waals surface area contributed by atoms with Crippen molar-refractivity contribution in [3.8, 4) is 23.3 Å². The van der Waals surface area contributed by atoms with Gasteiger partial charge in [-0.3, -0.25) is 14.5 Å². The van der Waals surface area contributed by atoms with Crippen molar-refractivity contribution in [1.82, 2.24) is 19.9 Å². The number of benzene rings is 1. The molecule has 5 fully saturated rings. The Bertz CT molecular complexity index is 1750. The SMILES string of the molecule is COc1cc(C(=O)Nc2ccc3c(c2)OC(F)(F)O3)c(NC(=O)c2c(NC34CC(N5CCOCC5)(C3)C4)ncnc2OC2CC2)cn1. The number of rotatable bonds is 10. The standard InChI is InChI=1S/C31H31F2N7O7/c1-43-23-11-19(26(41)37-17-2-5-21-22(10-17)47-31(32,33)46-21)20(12-34-23)38-27(42)24-25(35-16-36-28(24)45-18-3-4-18)39-29-13-30(14-29,15-29)40-6-8-44-9-7-40/h2,5,10-12,16,18H,3-4,6-9,13-15H2,1H3,(H,37,41)(H,38,42)(H,35,36,39). The Labute approximate surface area is 267 Å². The number of halogens is 2. The third kappa shape index (κ3) is 5.50. The maximum atomic E-state index is 14.0. The fraction of sp³-hybridized carbons (Fsp3) is 0.452. The molecular formula is C31H31F2N7O7. The molecule has 6 aliphatic rings. The minimum atomic E-state index is -3.80. The summed E-state index contributed by atoms with van der Waals surface area (Å²) >= 11 is 0. The van der Waals surface area contributed by atoms with Gasteiger partial charge in [-0.2, -0.15) is 0 Å². The predicted octanol–water partition coefficient (Wildman–Crippen LogP) is 3.67. The van der Waals surface area contributed by atoms with Crippen molar-refractivity contribution >= 4 is 29.0 Å². The highest BCUT2D eigenvalue weighted by Crippen LogP contribution is 2.65. The third-order valence-corrected chi connectivity index (χ3v) is 9.15. The number of ether oxygens (including phenoxy) is 5. The summed E-state index contributed by atoms with van der Waals surface area (Å²) in [6.45, 7) is 3.28. The molecule has 9 rings (SSSR count). The molecule has 2 aliphatic heterocycles. The third-order valence-electron chi connectivity index (χ3n) is 9.15. The van der Waals surface area contributed by atoms with Gasteiger partial charge in [0, 0.05) is 42.0 Å². The molecule has 0 radical (unpaired) electrons. The quantitative estimate of drug-likeness (QED) is 0.293. The van der Waals surface area contributed by atoms with Gasteiger partial charge in [-0.1, -0.05) is 0 Å². The molecule has 1 aromatic carbocycles. The number of nitrogens with zero attached hydrogens (tertiary/aromatic N) is 4. The molecule has 3 N–H and O–H groups in total. The number of aromatic nitrogens is 3. The van der Waals surface area contributed by atoms with Crippen molar-refractivity contribution in [2.75, 3.05) is 49.4 Å². The second kappa shape index (κ2) is 10.9. The van der Waals surface area contributed by atoms with Crippen LogP contribution in [0.5, 0.6) is 23.3 Å². The van der Waals surface area contributed by atoms with Crippen LogP contribution in [0.2, 0.25) is 0 Å². The zero-order chi connectivity index (χ0) is 32.4. The summed E-state index contributed by atoms with van der Waals surface area (Å²) in [5, 5.41) is 8.94. The maximum Gasteiger partial charge on any atom is 0.586 e. The van der Waals surface area contributed by atoms with Crippen LogP contribution in [-0.2, 0) is 4.74 Å². The van der Waals surface area contributed by atoms with E-state index in [1.54, 1.807) is 0 Å². The summed E-state index contributed by atoms with van der Waals surface area (Å²) in [5.41, 5.74) is 0.276. The van der Waals surface area contributed by atoms with E-state index in [-0.39, 0.29) is 62.9 Å². The topological polar surface area (TPSA) is 158 Å². The number of carbonyl (C=O) groups is 2. The monoisotopic (exact) mass is 651 g/mol. The van der Waals surface area contributed by atoms with Gasteiger partial charge in [0.15, 0.2) is 11.5 Å². The molecule has 1 saturated heterocycles. The van der Waals surface area contributed by atoms with Crippen molar-refractivity contribution in [2.24, 2.45) is 0 Å². The van der Waals surface area contributed by atoms with Gasteiger partial charge < -0.3 is 39.6 Å². The summed E-state index contributed by atoms with van der Waals surface area (Å²) < 4.78 is 52.7. The Morgan fingerprint density at radius 3 is 2.49 bits per heavy atom. The Balaban J connectivity index is 1.04. The number of hydrogen-bond acceptors (Lipinski definition) is 12. The van der Waals surface area contributed by atoms with Gasteiger partial charge in [0.1, 0.15) is 23.8 Å². The summed E-state index contributed by atoms with van der Waals surface area (Å²) in [4.78, 5) is 42.9. The number of carbonyl (C=O) groups excluding carboxylic acids is 2. The van der Waals surface area contributed by atoms with Gasteiger partial charge in [0.25, 0.3) is 11.8 Å². The van der Waals surface area contributed by atoms with E-state index >= 15 is 0 Å². The van der Waals surface area contributed by atoms with Crippen LogP contribution < -0.4 is 34.9 Å². The van der Waals surface area contributed by atoms with E-state index in [9.17, 15) is 18.4 Å². The highest BCUT2D eigenvalue weighted by Gasteiger charge is 2.70. The molecule has 47 heavy (non-hydrogen) atoms. The smallest absolute Gasteiger partial charge is 0.481 e. The molecule has 2 amide bonds. The van der Waals surface area contributed by atoms with E-state index in [0.29, 0.717) is 5.82 Å². The van der Waals surface area contributed by atoms with Crippen LogP contribution in [0, 0.1) is 0 Å². The molecule has 0 unspecified atom stereocenters. The number of hydrogen-bond donors (Lipinski definition) is 3. The molecule has 3 aromatic rings. The molecule has 246 valence electrons. The Morgan fingerprint density at radius 1 is 0.979 bits per heavy atom. The second-order valence-electron chi connectivity index (χ2n) is 12.5. The van der Waals surface area contributed by atoms with Gasteiger partial charge in [0.2, 0.25) is 11.8 Å². The van der Waals surface area contributed by atoms with Crippen molar-refractivity contribution in [3.05, 3.63) is 47.9 Å². The normalized spacial score (nSPS) is 25.2. The number of fused-ring (bicyclic) bond motifs is 1. The Kier molecular flexibility index (Phi) is 6.84. The lowest BCUT2D eigenvalue weighted by molar-refractivity contribution is -0.286. The van der Waals surface area contributed by atoms with E-state index in [1.165, 1.54) is 43.9 Å². The van der Waals surface area contributed by atoms with Gasteiger partial charge >= 0.3 is 6.29 Å². The highest BCUT2D eigenvalue weighted by molar-refractivity contribution is 6.14. The van der Waals surface area contributed by atoms with Crippen LogP contribution in [0.15, 0.2) is 36.8 Å². The van der Waals surface area contributed by atoms with Gasteiger partial charge in [-0.05, 0) is 44.2 Å². The molecule has 2 bridgehead atoms. The van der Waals surface area contributed by atoms with E-state index < -0.39 is 18.1 Å². The minimum absolute atomic E-state index is 0.00362. The Morgan fingerprint density at radius 2 is 1.74 bits per heavy atom. The van der Waals surface area contributed by atoms with Crippen molar-refractivity contribution in [3.63, 3.8) is 0 Å². The molecule has 4 saturated carbocycles. The zero-order valence-corrected chi connectivity index (χ0v) is 25.3. The summed E-state index contributed by atoms with van der Waals surface area (Å²) in [6.07, 6.45) is 3.28. The number of pyridine rings is 1. The van der Waals surface area contributed by atoms with E-state index in [4.69, 9.17) is 14.2 Å². The largest absolute Gasteiger partial charge is 0.586 e. The molecule has 0 spiro atoms. The second-order valence-corrected chi connectivity index (χ2v) is 12.5. The average Bonchev–Trinajstić information content (AvgIpc) is 3.78. The molecule has 4 aliphatic carbocycles. The highest BCUT2D eigenvalue weighted by atomic mass is 19.3. The molecule has 4 heterocycles. The van der Waals surface area contributed by atoms with Crippen molar-refractivity contribution in [1.29, 1.82) is 0 Å². The molecule has 0 atom stereocenters. The molecular weight excluding hydrogens is 620 g/mol. The van der Waals surface area contributed by atoms with E-state index in [0.717, 1.165) is 58.4 Å². The van der Waals surface area contributed by atoms with Crippen molar-refractivity contribution in [2.45, 2.75) is 55.6 Å².